The third-order valence-corrected chi connectivity index (χ3v) is 1.74. The minimum atomic E-state index is -0.167. The lowest BCUT2D eigenvalue weighted by molar-refractivity contribution is -0.112. The first-order valence-electron chi connectivity index (χ1n) is 2.72. The SMILES string of the molecule is [CH2]N(C)C1(C=O)CC1. The molecular formula is C6H10NO. The van der Waals surface area contributed by atoms with Crippen LogP contribution < -0.4 is 0 Å². The molecule has 0 aromatic carbocycles. The van der Waals surface area contributed by atoms with E-state index in [1.54, 1.807) is 4.90 Å². The first-order chi connectivity index (χ1) is 3.71. The second-order valence-corrected chi connectivity index (χ2v) is 2.42. The zero-order valence-corrected chi connectivity index (χ0v) is 5.05. The van der Waals surface area contributed by atoms with E-state index < -0.39 is 0 Å². The van der Waals surface area contributed by atoms with Crippen LogP contribution in [0.15, 0.2) is 0 Å². The summed E-state index contributed by atoms with van der Waals surface area (Å²) in [6.07, 6.45) is 2.95. The van der Waals surface area contributed by atoms with Gasteiger partial charge in [-0.2, -0.15) is 0 Å². The number of carbonyl (C=O) groups is 1. The Labute approximate surface area is 49.5 Å². The van der Waals surface area contributed by atoms with Crippen LogP contribution in [0.1, 0.15) is 12.8 Å². The van der Waals surface area contributed by atoms with Gasteiger partial charge < -0.3 is 4.79 Å². The average Bonchev–Trinajstić information content (AvgIpc) is 2.44. The molecule has 1 saturated carbocycles. The van der Waals surface area contributed by atoms with E-state index in [0.717, 1.165) is 19.1 Å². The first-order valence-corrected chi connectivity index (χ1v) is 2.72. The fourth-order valence-electron chi connectivity index (χ4n) is 0.718. The van der Waals surface area contributed by atoms with E-state index in [1.165, 1.54) is 0 Å². The number of hydrogen-bond acceptors (Lipinski definition) is 2. The van der Waals surface area contributed by atoms with E-state index in [1.807, 2.05) is 7.05 Å². The van der Waals surface area contributed by atoms with E-state index in [4.69, 9.17) is 0 Å². The molecule has 1 fully saturated rings. The molecule has 0 aliphatic heterocycles. The molecule has 0 bridgehead atoms. The molecule has 8 heavy (non-hydrogen) atoms. The number of aldehydes is 1. The third-order valence-electron chi connectivity index (χ3n) is 1.74. The van der Waals surface area contributed by atoms with E-state index in [0.29, 0.717) is 0 Å². The molecule has 0 aromatic rings. The van der Waals surface area contributed by atoms with Gasteiger partial charge in [-0.15, -0.1) is 0 Å². The lowest BCUT2D eigenvalue weighted by atomic mass is 10.3. The minimum Gasteiger partial charge on any atom is -0.301 e. The monoisotopic (exact) mass is 112 g/mol. The van der Waals surface area contributed by atoms with Crippen LogP contribution in [0.5, 0.6) is 0 Å². The fourth-order valence-corrected chi connectivity index (χ4v) is 0.718. The summed E-state index contributed by atoms with van der Waals surface area (Å²) >= 11 is 0. The Hall–Kier alpha value is -0.370. The van der Waals surface area contributed by atoms with Crippen LogP contribution in [-0.4, -0.2) is 23.8 Å². The highest BCUT2D eigenvalue weighted by molar-refractivity contribution is 5.68. The van der Waals surface area contributed by atoms with Gasteiger partial charge in [-0.1, -0.05) is 0 Å². The summed E-state index contributed by atoms with van der Waals surface area (Å²) in [5.74, 6) is 0. The number of nitrogens with zero attached hydrogens (tertiary/aromatic N) is 1. The molecule has 0 amide bonds. The molecule has 1 aliphatic rings. The standard InChI is InChI=1S/C6H10NO/c1-7(2)6(5-8)3-4-6/h5H,1,3-4H2,2H3. The molecule has 1 radical (unpaired) electrons. The van der Waals surface area contributed by atoms with Gasteiger partial charge in [-0.05, 0) is 19.9 Å². The molecule has 0 N–H and O–H groups in total. The summed E-state index contributed by atoms with van der Waals surface area (Å²) in [6.45, 7) is 0. The predicted molar refractivity (Wildman–Crippen MR) is 31.1 cm³/mol. The summed E-state index contributed by atoms with van der Waals surface area (Å²) in [4.78, 5) is 12.0. The molecule has 0 aromatic heterocycles. The Balaban J connectivity index is 2.53. The Kier molecular flexibility index (Phi) is 1.12. The van der Waals surface area contributed by atoms with Gasteiger partial charge in [0, 0.05) is 7.05 Å². The average molecular weight is 112 g/mol. The van der Waals surface area contributed by atoms with Crippen LogP contribution in [0.4, 0.5) is 0 Å². The van der Waals surface area contributed by atoms with Crippen molar-refractivity contribution in [2.75, 3.05) is 7.05 Å². The van der Waals surface area contributed by atoms with E-state index in [2.05, 4.69) is 7.05 Å². The lowest BCUT2D eigenvalue weighted by Gasteiger charge is -2.15. The zero-order valence-electron chi connectivity index (χ0n) is 5.05. The summed E-state index contributed by atoms with van der Waals surface area (Å²) in [5.41, 5.74) is -0.167. The van der Waals surface area contributed by atoms with Crippen LogP contribution in [-0.2, 0) is 4.79 Å². The van der Waals surface area contributed by atoms with Crippen molar-refractivity contribution >= 4 is 6.29 Å². The Morgan fingerprint density at radius 2 is 2.25 bits per heavy atom. The van der Waals surface area contributed by atoms with Crippen molar-refractivity contribution in [1.29, 1.82) is 0 Å². The zero-order chi connectivity index (χ0) is 6.20. The highest BCUT2D eigenvalue weighted by atomic mass is 16.1. The van der Waals surface area contributed by atoms with Gasteiger partial charge in [-0.3, -0.25) is 4.90 Å². The Morgan fingerprint density at radius 1 is 1.75 bits per heavy atom. The van der Waals surface area contributed by atoms with Gasteiger partial charge in [-0.25, -0.2) is 0 Å². The van der Waals surface area contributed by atoms with Crippen molar-refractivity contribution in [3.05, 3.63) is 7.05 Å². The van der Waals surface area contributed by atoms with Gasteiger partial charge in [0.15, 0.2) is 0 Å². The molecule has 0 saturated heterocycles. The van der Waals surface area contributed by atoms with Crippen molar-refractivity contribution in [1.82, 2.24) is 4.90 Å². The molecule has 2 heteroatoms. The van der Waals surface area contributed by atoms with Crippen molar-refractivity contribution < 1.29 is 4.79 Å². The smallest absolute Gasteiger partial charge is 0.140 e. The summed E-state index contributed by atoms with van der Waals surface area (Å²) < 4.78 is 0. The van der Waals surface area contributed by atoms with Crippen LogP contribution in [0.2, 0.25) is 0 Å². The molecule has 1 rings (SSSR count). The van der Waals surface area contributed by atoms with Crippen LogP contribution in [0.25, 0.3) is 0 Å². The maximum absolute atomic E-state index is 10.2. The number of likely N-dealkylation sites (N-methyl/N-ethyl adjacent to an activating group) is 1. The fraction of sp³-hybridized carbons (Fsp3) is 0.667. The van der Waals surface area contributed by atoms with Gasteiger partial charge in [0.05, 0.1) is 5.54 Å². The largest absolute Gasteiger partial charge is 0.301 e. The molecule has 0 spiro atoms. The minimum absolute atomic E-state index is 0.167. The number of hydrogen-bond donors (Lipinski definition) is 0. The molecule has 2 nitrogen and oxygen atoms in total. The van der Waals surface area contributed by atoms with Crippen molar-refractivity contribution in [3.63, 3.8) is 0 Å². The molecule has 1 aliphatic carbocycles. The van der Waals surface area contributed by atoms with E-state index in [-0.39, 0.29) is 5.54 Å². The second-order valence-electron chi connectivity index (χ2n) is 2.42. The normalized spacial score (nSPS) is 23.4. The van der Waals surface area contributed by atoms with E-state index >= 15 is 0 Å². The summed E-state index contributed by atoms with van der Waals surface area (Å²) in [5, 5.41) is 0. The van der Waals surface area contributed by atoms with Crippen LogP contribution in [0, 0.1) is 7.05 Å². The van der Waals surface area contributed by atoms with Crippen molar-refractivity contribution in [3.8, 4) is 0 Å². The molecule has 0 unspecified atom stereocenters. The van der Waals surface area contributed by atoms with Crippen molar-refractivity contribution in [2.45, 2.75) is 18.4 Å². The molecule has 0 atom stereocenters. The van der Waals surface area contributed by atoms with Gasteiger partial charge >= 0.3 is 0 Å². The highest BCUT2D eigenvalue weighted by Gasteiger charge is 2.44. The third kappa shape index (κ3) is 0.650. The van der Waals surface area contributed by atoms with Gasteiger partial charge in [0.1, 0.15) is 6.29 Å². The molecule has 0 heterocycles. The first kappa shape index (κ1) is 5.76. The summed E-state index contributed by atoms with van der Waals surface area (Å²) in [7, 11) is 5.48. The van der Waals surface area contributed by atoms with Gasteiger partial charge in [0.25, 0.3) is 0 Å². The van der Waals surface area contributed by atoms with Crippen molar-refractivity contribution in [2.24, 2.45) is 0 Å². The predicted octanol–water partition coefficient (Wildman–Crippen LogP) is 0.441. The Morgan fingerprint density at radius 3 is 2.25 bits per heavy atom. The summed E-state index contributed by atoms with van der Waals surface area (Å²) in [6, 6.07) is 0. The quantitative estimate of drug-likeness (QED) is 0.483. The highest BCUT2D eigenvalue weighted by Crippen LogP contribution is 2.37. The molecular weight excluding hydrogens is 102 g/mol. The second kappa shape index (κ2) is 1.55. The Bertz CT molecular complexity index is 105. The maximum Gasteiger partial charge on any atom is 0.140 e. The van der Waals surface area contributed by atoms with Crippen LogP contribution in [0.3, 0.4) is 0 Å². The van der Waals surface area contributed by atoms with Crippen LogP contribution >= 0.6 is 0 Å². The maximum atomic E-state index is 10.2. The number of rotatable bonds is 2. The number of carbonyl (C=O) groups excluding carboxylic acids is 1. The topological polar surface area (TPSA) is 20.3 Å². The van der Waals surface area contributed by atoms with E-state index in [9.17, 15) is 4.79 Å². The lowest BCUT2D eigenvalue weighted by Crippen LogP contribution is -2.29. The van der Waals surface area contributed by atoms with Gasteiger partial charge in [0.2, 0.25) is 0 Å². The molecule has 45 valence electrons.